The highest BCUT2D eigenvalue weighted by atomic mass is 16.2. The minimum absolute atomic E-state index is 0.212. The molecule has 2 aromatic heterocycles. The highest BCUT2D eigenvalue weighted by Gasteiger charge is 2.29. The number of anilines is 2. The predicted molar refractivity (Wildman–Crippen MR) is 135 cm³/mol. The zero-order chi connectivity index (χ0) is 23.5. The van der Waals surface area contributed by atoms with Crippen LogP contribution in [0.15, 0.2) is 33.9 Å². The van der Waals surface area contributed by atoms with Crippen LogP contribution in [0.5, 0.6) is 0 Å². The summed E-state index contributed by atoms with van der Waals surface area (Å²) < 4.78 is 4.98. The lowest BCUT2D eigenvalue weighted by atomic mass is 10.1. The molecule has 1 aliphatic heterocycles. The second-order valence-corrected chi connectivity index (χ2v) is 9.67. The topological polar surface area (TPSA) is 65.1 Å². The molecule has 4 rings (SSSR count). The number of imidazole rings is 1. The summed E-state index contributed by atoms with van der Waals surface area (Å²) >= 11 is 0. The molecule has 0 amide bonds. The zero-order valence-corrected chi connectivity index (χ0v) is 20.5. The Morgan fingerprint density at radius 1 is 1.03 bits per heavy atom. The van der Waals surface area contributed by atoms with Crippen molar-refractivity contribution in [2.45, 2.75) is 78.8 Å². The van der Waals surface area contributed by atoms with Crippen LogP contribution in [0.2, 0.25) is 0 Å². The zero-order valence-electron chi connectivity index (χ0n) is 20.5. The molecule has 0 aliphatic carbocycles. The fourth-order valence-electron chi connectivity index (χ4n) is 4.94. The van der Waals surface area contributed by atoms with Crippen LogP contribution in [0.25, 0.3) is 11.2 Å². The highest BCUT2D eigenvalue weighted by molar-refractivity contribution is 5.77. The Labute approximate surface area is 195 Å². The summed E-state index contributed by atoms with van der Waals surface area (Å²) in [5, 5.41) is 0. The van der Waals surface area contributed by atoms with Gasteiger partial charge in [0.15, 0.2) is 11.2 Å². The maximum absolute atomic E-state index is 13.5. The SMILES string of the molecule is CCCCCCCCCn1c(=O)c2c(nc3n2CC(C)CN3c2cccc(C)c2)n(C)c1=O. The molecule has 1 aliphatic rings. The van der Waals surface area contributed by atoms with Crippen LogP contribution < -0.4 is 16.1 Å². The van der Waals surface area contributed by atoms with Crippen LogP contribution in [0, 0.1) is 12.8 Å². The second kappa shape index (κ2) is 9.98. The first kappa shape index (κ1) is 23.3. The normalized spacial score (nSPS) is 15.9. The Bertz CT molecular complexity index is 1240. The van der Waals surface area contributed by atoms with E-state index in [4.69, 9.17) is 4.98 Å². The lowest BCUT2D eigenvalue weighted by Crippen LogP contribution is -2.40. The number of aromatic nitrogens is 4. The third-order valence-corrected chi connectivity index (χ3v) is 6.74. The molecule has 0 N–H and O–H groups in total. The Hall–Kier alpha value is -2.83. The molecular weight excluding hydrogens is 414 g/mol. The van der Waals surface area contributed by atoms with Crippen molar-refractivity contribution in [2.24, 2.45) is 13.0 Å². The average Bonchev–Trinajstić information content (AvgIpc) is 3.18. The van der Waals surface area contributed by atoms with E-state index in [1.54, 1.807) is 11.6 Å². The van der Waals surface area contributed by atoms with Gasteiger partial charge in [0.2, 0.25) is 5.95 Å². The molecule has 3 heterocycles. The Kier molecular flexibility index (Phi) is 7.05. The number of unbranched alkanes of at least 4 members (excludes halogenated alkanes) is 6. The maximum Gasteiger partial charge on any atom is 0.332 e. The highest BCUT2D eigenvalue weighted by Crippen LogP contribution is 2.33. The third-order valence-electron chi connectivity index (χ3n) is 6.74. The summed E-state index contributed by atoms with van der Waals surface area (Å²) in [6.07, 6.45) is 8.05. The number of hydrogen-bond donors (Lipinski definition) is 0. The standard InChI is InChI=1S/C26H37N5O2/c1-5-6-7-8-9-10-11-15-29-24(32)22-23(28(4)26(29)33)27-25-30(17-20(3)18-31(22)25)21-14-12-13-19(2)16-21/h12-14,16,20H,5-11,15,17-18H2,1-4H3. The van der Waals surface area contributed by atoms with Crippen LogP contribution in [0.3, 0.4) is 0 Å². The maximum atomic E-state index is 13.5. The minimum atomic E-state index is -0.274. The Morgan fingerprint density at radius 2 is 1.76 bits per heavy atom. The van der Waals surface area contributed by atoms with Crippen molar-refractivity contribution in [3.63, 3.8) is 0 Å². The van der Waals surface area contributed by atoms with Gasteiger partial charge in [0.1, 0.15) is 0 Å². The third kappa shape index (κ3) is 4.63. The number of benzene rings is 1. The van der Waals surface area contributed by atoms with E-state index < -0.39 is 0 Å². The molecule has 0 fully saturated rings. The summed E-state index contributed by atoms with van der Waals surface area (Å²) in [4.78, 5) is 33.5. The van der Waals surface area contributed by atoms with Gasteiger partial charge >= 0.3 is 5.69 Å². The molecule has 7 heteroatoms. The van der Waals surface area contributed by atoms with Crippen molar-refractivity contribution in [2.75, 3.05) is 11.4 Å². The van der Waals surface area contributed by atoms with Crippen LogP contribution in [0.4, 0.5) is 11.6 Å². The molecule has 7 nitrogen and oxygen atoms in total. The molecule has 0 spiro atoms. The summed E-state index contributed by atoms with van der Waals surface area (Å²) in [5.41, 5.74) is 2.77. The Morgan fingerprint density at radius 3 is 2.48 bits per heavy atom. The monoisotopic (exact) mass is 451 g/mol. The quantitative estimate of drug-likeness (QED) is 0.441. The van der Waals surface area contributed by atoms with Crippen molar-refractivity contribution >= 4 is 22.8 Å². The van der Waals surface area contributed by atoms with Gasteiger partial charge in [-0.1, -0.05) is 64.5 Å². The number of rotatable bonds is 9. The second-order valence-electron chi connectivity index (χ2n) is 9.67. The molecule has 1 aromatic carbocycles. The van der Waals surface area contributed by atoms with Gasteiger partial charge in [0.05, 0.1) is 0 Å². The van der Waals surface area contributed by atoms with Crippen LogP contribution in [-0.4, -0.2) is 25.2 Å². The number of hydrogen-bond acceptors (Lipinski definition) is 4. The molecule has 0 radical (unpaired) electrons. The fourth-order valence-corrected chi connectivity index (χ4v) is 4.94. The van der Waals surface area contributed by atoms with Gasteiger partial charge in [0, 0.05) is 32.4 Å². The number of aryl methyl sites for hydroxylation is 2. The molecule has 3 aromatic rings. The van der Waals surface area contributed by atoms with Gasteiger partial charge in [-0.2, -0.15) is 4.98 Å². The molecule has 33 heavy (non-hydrogen) atoms. The molecule has 0 bridgehead atoms. The fraction of sp³-hybridized carbons (Fsp3) is 0.577. The lowest BCUT2D eigenvalue weighted by molar-refractivity contribution is 0.457. The average molecular weight is 452 g/mol. The molecule has 0 saturated carbocycles. The minimum Gasteiger partial charge on any atom is -0.312 e. The predicted octanol–water partition coefficient (Wildman–Crippen LogP) is 4.74. The molecule has 1 atom stereocenters. The van der Waals surface area contributed by atoms with E-state index in [-0.39, 0.29) is 11.2 Å². The van der Waals surface area contributed by atoms with Gasteiger partial charge in [-0.3, -0.25) is 13.9 Å². The molecule has 178 valence electrons. The van der Waals surface area contributed by atoms with Gasteiger partial charge < -0.3 is 9.47 Å². The number of nitrogens with zero attached hydrogens (tertiary/aromatic N) is 5. The van der Waals surface area contributed by atoms with Crippen molar-refractivity contribution in [1.82, 2.24) is 18.7 Å². The van der Waals surface area contributed by atoms with E-state index in [0.717, 1.165) is 44.0 Å². The van der Waals surface area contributed by atoms with Gasteiger partial charge in [0.25, 0.3) is 5.56 Å². The van der Waals surface area contributed by atoms with Crippen molar-refractivity contribution in [3.05, 3.63) is 50.7 Å². The van der Waals surface area contributed by atoms with E-state index in [1.165, 1.54) is 35.8 Å². The largest absolute Gasteiger partial charge is 0.332 e. The van der Waals surface area contributed by atoms with E-state index in [1.807, 2.05) is 10.6 Å². The first-order valence-electron chi connectivity index (χ1n) is 12.5. The van der Waals surface area contributed by atoms with Crippen molar-refractivity contribution < 1.29 is 0 Å². The van der Waals surface area contributed by atoms with E-state index in [2.05, 4.69) is 43.9 Å². The van der Waals surface area contributed by atoms with Gasteiger partial charge in [-0.25, -0.2) is 4.79 Å². The van der Waals surface area contributed by atoms with Crippen molar-refractivity contribution in [3.8, 4) is 0 Å². The number of fused-ring (bicyclic) bond motifs is 3. The summed E-state index contributed by atoms with van der Waals surface area (Å²) in [6, 6.07) is 8.33. The van der Waals surface area contributed by atoms with E-state index >= 15 is 0 Å². The van der Waals surface area contributed by atoms with Crippen molar-refractivity contribution in [1.29, 1.82) is 0 Å². The first-order valence-corrected chi connectivity index (χ1v) is 12.5. The Balaban J connectivity index is 1.68. The molecular formula is C26H37N5O2. The summed E-state index contributed by atoms with van der Waals surface area (Å²) in [6.45, 7) is 8.50. The summed E-state index contributed by atoms with van der Waals surface area (Å²) in [7, 11) is 1.73. The van der Waals surface area contributed by atoms with Crippen LogP contribution >= 0.6 is 0 Å². The lowest BCUT2D eigenvalue weighted by Gasteiger charge is -2.33. The van der Waals surface area contributed by atoms with Crippen LogP contribution in [-0.2, 0) is 20.1 Å². The first-order chi connectivity index (χ1) is 15.9. The van der Waals surface area contributed by atoms with Gasteiger partial charge in [-0.15, -0.1) is 0 Å². The van der Waals surface area contributed by atoms with E-state index in [0.29, 0.717) is 23.6 Å². The van der Waals surface area contributed by atoms with Crippen LogP contribution in [0.1, 0.15) is 64.4 Å². The molecule has 0 saturated heterocycles. The van der Waals surface area contributed by atoms with Gasteiger partial charge in [-0.05, 0) is 37.0 Å². The summed E-state index contributed by atoms with van der Waals surface area (Å²) in [5.74, 6) is 1.10. The molecule has 1 unspecified atom stereocenters. The van der Waals surface area contributed by atoms with E-state index in [9.17, 15) is 9.59 Å². The smallest absolute Gasteiger partial charge is 0.312 e.